The van der Waals surface area contributed by atoms with E-state index in [2.05, 4.69) is 21.2 Å². The molecule has 0 saturated carbocycles. The molecule has 0 radical (unpaired) electrons. The monoisotopic (exact) mass is 325 g/mol. The first kappa shape index (κ1) is 13.2. The lowest BCUT2D eigenvalue weighted by atomic mass is 10.2. The Balaban J connectivity index is 2.14. The summed E-state index contributed by atoms with van der Waals surface area (Å²) < 4.78 is 6.32. The molecule has 2 aromatic rings. The summed E-state index contributed by atoms with van der Waals surface area (Å²) in [6, 6.07) is 13.6. The molecule has 0 atom stereocenters. The van der Waals surface area contributed by atoms with Crippen LogP contribution in [0.15, 0.2) is 46.9 Å². The van der Waals surface area contributed by atoms with Crippen LogP contribution in [-0.2, 0) is 6.54 Å². The van der Waals surface area contributed by atoms with E-state index in [1.54, 1.807) is 7.11 Å². The van der Waals surface area contributed by atoms with E-state index in [0.717, 1.165) is 26.5 Å². The third-order valence-electron chi connectivity index (χ3n) is 2.58. The Labute approximate surface area is 120 Å². The van der Waals surface area contributed by atoms with Crippen LogP contribution in [0.2, 0.25) is 5.02 Å². The van der Waals surface area contributed by atoms with Gasteiger partial charge in [-0.3, -0.25) is 0 Å². The molecular formula is C14H13BrClNO. The van der Waals surface area contributed by atoms with E-state index in [-0.39, 0.29) is 0 Å². The van der Waals surface area contributed by atoms with Gasteiger partial charge in [0.15, 0.2) is 0 Å². The molecular weight excluding hydrogens is 314 g/mol. The van der Waals surface area contributed by atoms with Gasteiger partial charge in [-0.05, 0) is 35.9 Å². The van der Waals surface area contributed by atoms with Gasteiger partial charge in [0.25, 0.3) is 0 Å². The lowest BCUT2D eigenvalue weighted by Crippen LogP contribution is -2.01. The Morgan fingerprint density at radius 1 is 1.22 bits per heavy atom. The SMILES string of the molecule is COc1ccccc1NCc1cc(Cl)ccc1Br. The van der Waals surface area contributed by atoms with Crippen molar-refractivity contribution in [3.63, 3.8) is 0 Å². The second-order valence-corrected chi connectivity index (χ2v) is 5.08. The minimum Gasteiger partial charge on any atom is -0.495 e. The van der Waals surface area contributed by atoms with E-state index in [9.17, 15) is 0 Å². The van der Waals surface area contributed by atoms with Gasteiger partial charge in [0.05, 0.1) is 12.8 Å². The van der Waals surface area contributed by atoms with E-state index in [1.807, 2.05) is 42.5 Å². The van der Waals surface area contributed by atoms with E-state index in [1.165, 1.54) is 0 Å². The molecule has 0 fully saturated rings. The fraction of sp³-hybridized carbons (Fsp3) is 0.143. The zero-order valence-electron chi connectivity index (χ0n) is 9.91. The van der Waals surface area contributed by atoms with Crippen LogP contribution >= 0.6 is 27.5 Å². The number of nitrogens with one attached hydrogen (secondary N) is 1. The van der Waals surface area contributed by atoms with Crippen LogP contribution in [0.1, 0.15) is 5.56 Å². The zero-order chi connectivity index (χ0) is 13.0. The van der Waals surface area contributed by atoms with Crippen LogP contribution in [0.25, 0.3) is 0 Å². The minimum absolute atomic E-state index is 0.682. The summed E-state index contributed by atoms with van der Waals surface area (Å²) in [5.41, 5.74) is 2.07. The Bertz CT molecular complexity index is 545. The molecule has 0 spiro atoms. The van der Waals surface area contributed by atoms with Crippen LogP contribution < -0.4 is 10.1 Å². The number of halogens is 2. The van der Waals surface area contributed by atoms with E-state index in [0.29, 0.717) is 6.54 Å². The Hall–Kier alpha value is -1.19. The first-order chi connectivity index (χ1) is 8.70. The maximum absolute atomic E-state index is 5.98. The molecule has 0 aromatic heterocycles. The summed E-state index contributed by atoms with van der Waals surface area (Å²) in [5, 5.41) is 4.07. The number of rotatable bonds is 4. The molecule has 0 unspecified atom stereocenters. The van der Waals surface area contributed by atoms with Gasteiger partial charge in [0.2, 0.25) is 0 Å². The number of methoxy groups -OCH3 is 1. The molecule has 0 heterocycles. The van der Waals surface area contributed by atoms with Crippen LogP contribution in [0.4, 0.5) is 5.69 Å². The number of hydrogen-bond donors (Lipinski definition) is 1. The number of benzene rings is 2. The van der Waals surface area contributed by atoms with E-state index >= 15 is 0 Å². The number of ether oxygens (including phenoxy) is 1. The van der Waals surface area contributed by atoms with Gasteiger partial charge in [-0.25, -0.2) is 0 Å². The van der Waals surface area contributed by atoms with Gasteiger partial charge in [0.1, 0.15) is 5.75 Å². The number of hydrogen-bond acceptors (Lipinski definition) is 2. The molecule has 2 nitrogen and oxygen atoms in total. The second kappa shape index (κ2) is 6.12. The van der Waals surface area contributed by atoms with Gasteiger partial charge >= 0.3 is 0 Å². The molecule has 94 valence electrons. The van der Waals surface area contributed by atoms with E-state index in [4.69, 9.17) is 16.3 Å². The van der Waals surface area contributed by atoms with Crippen molar-refractivity contribution in [3.05, 3.63) is 57.5 Å². The van der Waals surface area contributed by atoms with Crippen molar-refractivity contribution in [2.75, 3.05) is 12.4 Å². The normalized spacial score (nSPS) is 10.2. The average Bonchev–Trinajstić information content (AvgIpc) is 2.40. The smallest absolute Gasteiger partial charge is 0.141 e. The third kappa shape index (κ3) is 3.18. The summed E-state index contributed by atoms with van der Waals surface area (Å²) in [5.74, 6) is 0.829. The van der Waals surface area contributed by atoms with Crippen molar-refractivity contribution in [1.29, 1.82) is 0 Å². The summed E-state index contributed by atoms with van der Waals surface area (Å²) in [6.07, 6.45) is 0. The van der Waals surface area contributed by atoms with Gasteiger partial charge in [0, 0.05) is 16.0 Å². The van der Waals surface area contributed by atoms with Crippen molar-refractivity contribution in [3.8, 4) is 5.75 Å². The maximum atomic E-state index is 5.98. The first-order valence-corrected chi connectivity index (χ1v) is 6.68. The van der Waals surface area contributed by atoms with Gasteiger partial charge in [-0.15, -0.1) is 0 Å². The van der Waals surface area contributed by atoms with E-state index < -0.39 is 0 Å². The predicted molar refractivity (Wildman–Crippen MR) is 79.5 cm³/mol. The lowest BCUT2D eigenvalue weighted by Gasteiger charge is -2.12. The highest BCUT2D eigenvalue weighted by Gasteiger charge is 2.04. The van der Waals surface area contributed by atoms with Crippen LogP contribution in [0.5, 0.6) is 5.75 Å². The molecule has 0 saturated heterocycles. The standard InChI is InChI=1S/C14H13BrClNO/c1-18-14-5-3-2-4-13(14)17-9-10-8-11(16)6-7-12(10)15/h2-8,17H,9H2,1H3. The van der Waals surface area contributed by atoms with Crippen LogP contribution in [0.3, 0.4) is 0 Å². The maximum Gasteiger partial charge on any atom is 0.141 e. The van der Waals surface area contributed by atoms with Crippen molar-refractivity contribution < 1.29 is 4.74 Å². The minimum atomic E-state index is 0.682. The summed E-state index contributed by atoms with van der Waals surface area (Å²) in [7, 11) is 1.66. The van der Waals surface area contributed by atoms with Crippen molar-refractivity contribution in [1.82, 2.24) is 0 Å². The topological polar surface area (TPSA) is 21.3 Å². The van der Waals surface area contributed by atoms with Crippen molar-refractivity contribution in [2.45, 2.75) is 6.54 Å². The Kier molecular flexibility index (Phi) is 4.50. The quantitative estimate of drug-likeness (QED) is 0.877. The molecule has 4 heteroatoms. The van der Waals surface area contributed by atoms with Crippen LogP contribution in [0, 0.1) is 0 Å². The molecule has 2 rings (SSSR count). The van der Waals surface area contributed by atoms with Gasteiger partial charge in [-0.1, -0.05) is 39.7 Å². The fourth-order valence-electron chi connectivity index (χ4n) is 1.66. The molecule has 2 aromatic carbocycles. The van der Waals surface area contributed by atoms with Gasteiger partial charge < -0.3 is 10.1 Å². The summed E-state index contributed by atoms with van der Waals surface area (Å²) in [4.78, 5) is 0. The lowest BCUT2D eigenvalue weighted by molar-refractivity contribution is 0.416. The highest BCUT2D eigenvalue weighted by atomic mass is 79.9. The Morgan fingerprint density at radius 3 is 2.78 bits per heavy atom. The fourth-order valence-corrected chi connectivity index (χ4v) is 2.24. The molecule has 1 N–H and O–H groups in total. The molecule has 0 aliphatic carbocycles. The molecule has 0 aliphatic heterocycles. The molecule has 18 heavy (non-hydrogen) atoms. The van der Waals surface area contributed by atoms with Crippen LogP contribution in [-0.4, -0.2) is 7.11 Å². The van der Waals surface area contributed by atoms with Crippen molar-refractivity contribution >= 4 is 33.2 Å². The molecule has 0 bridgehead atoms. The van der Waals surface area contributed by atoms with Crippen molar-refractivity contribution in [2.24, 2.45) is 0 Å². The first-order valence-electron chi connectivity index (χ1n) is 5.51. The number of para-hydroxylation sites is 2. The average molecular weight is 327 g/mol. The third-order valence-corrected chi connectivity index (χ3v) is 3.59. The highest BCUT2D eigenvalue weighted by Crippen LogP contribution is 2.26. The number of anilines is 1. The second-order valence-electron chi connectivity index (χ2n) is 3.79. The largest absolute Gasteiger partial charge is 0.495 e. The highest BCUT2D eigenvalue weighted by molar-refractivity contribution is 9.10. The molecule has 0 aliphatic rings. The summed E-state index contributed by atoms with van der Waals surface area (Å²) >= 11 is 9.49. The predicted octanol–water partition coefficient (Wildman–Crippen LogP) is 4.72. The van der Waals surface area contributed by atoms with Gasteiger partial charge in [-0.2, -0.15) is 0 Å². The zero-order valence-corrected chi connectivity index (χ0v) is 12.3. The Morgan fingerprint density at radius 2 is 2.00 bits per heavy atom. The molecule has 0 amide bonds. The summed E-state index contributed by atoms with van der Waals surface area (Å²) in [6.45, 7) is 0.682.